The molecule has 148 valence electrons. The molecule has 7 heteroatoms. The molecule has 28 heavy (non-hydrogen) atoms. The average molecular weight is 381 g/mol. The van der Waals surface area contributed by atoms with E-state index in [0.717, 1.165) is 31.4 Å². The van der Waals surface area contributed by atoms with Crippen LogP contribution >= 0.6 is 0 Å². The Labute approximate surface area is 165 Å². The summed E-state index contributed by atoms with van der Waals surface area (Å²) in [5, 5.41) is 10.9. The number of aliphatic hydroxyl groups excluding tert-OH is 1. The molecule has 0 unspecified atom stereocenters. The molecule has 0 aliphatic carbocycles. The molecule has 2 atom stereocenters. The number of aryl methyl sites for hydroxylation is 1. The third-order valence-corrected chi connectivity index (χ3v) is 6.05. The molecule has 0 saturated carbocycles. The van der Waals surface area contributed by atoms with Crippen molar-refractivity contribution in [1.29, 1.82) is 0 Å². The number of pyridine rings is 1. The van der Waals surface area contributed by atoms with Gasteiger partial charge >= 0.3 is 0 Å². The van der Waals surface area contributed by atoms with Gasteiger partial charge in [0.2, 0.25) is 5.95 Å². The lowest BCUT2D eigenvalue weighted by molar-refractivity contribution is -0.0365. The first-order chi connectivity index (χ1) is 13.6. The van der Waals surface area contributed by atoms with Crippen LogP contribution < -0.4 is 4.90 Å². The molecule has 2 aromatic rings. The zero-order valence-corrected chi connectivity index (χ0v) is 16.3. The minimum atomic E-state index is -0.432. The van der Waals surface area contributed by atoms with Crippen molar-refractivity contribution in [3.63, 3.8) is 0 Å². The third kappa shape index (κ3) is 3.58. The number of nitrogens with zero attached hydrogens (tertiary/aromatic N) is 5. The normalized spacial score (nSPS) is 25.1. The molecule has 0 radical (unpaired) electrons. The number of aromatic nitrogens is 3. The van der Waals surface area contributed by atoms with Gasteiger partial charge in [-0.3, -0.25) is 9.78 Å². The topological polar surface area (TPSA) is 82.5 Å². The van der Waals surface area contributed by atoms with Crippen LogP contribution in [0.4, 0.5) is 5.95 Å². The Hall–Kier alpha value is -2.54. The number of aliphatic hydroxyl groups is 1. The summed E-state index contributed by atoms with van der Waals surface area (Å²) in [6.07, 6.45) is 8.29. The maximum Gasteiger partial charge on any atom is 0.272 e. The van der Waals surface area contributed by atoms with Crippen LogP contribution in [0.2, 0.25) is 0 Å². The summed E-state index contributed by atoms with van der Waals surface area (Å²) in [6.45, 7) is 4.70. The van der Waals surface area contributed by atoms with E-state index in [2.05, 4.69) is 26.8 Å². The molecule has 1 N–H and O–H groups in total. The van der Waals surface area contributed by atoms with Crippen LogP contribution in [0.1, 0.15) is 42.2 Å². The number of carbonyl (C=O) groups is 1. The molecule has 7 nitrogen and oxygen atoms in total. The molecule has 4 rings (SSSR count). The van der Waals surface area contributed by atoms with Crippen LogP contribution in [0.25, 0.3) is 0 Å². The predicted molar refractivity (Wildman–Crippen MR) is 106 cm³/mol. The lowest BCUT2D eigenvalue weighted by Gasteiger charge is -2.51. The van der Waals surface area contributed by atoms with E-state index < -0.39 is 6.10 Å². The number of anilines is 1. The van der Waals surface area contributed by atoms with Crippen molar-refractivity contribution < 1.29 is 9.90 Å². The highest BCUT2D eigenvalue weighted by atomic mass is 16.3. The number of piperidine rings is 2. The quantitative estimate of drug-likeness (QED) is 0.875. The van der Waals surface area contributed by atoms with Crippen LogP contribution in [0.5, 0.6) is 0 Å². The molecular weight excluding hydrogens is 354 g/mol. The van der Waals surface area contributed by atoms with Crippen LogP contribution in [-0.4, -0.2) is 63.1 Å². The number of hydrogen-bond donors (Lipinski definition) is 1. The zero-order chi connectivity index (χ0) is 19.6. The molecule has 1 amide bonds. The molecule has 2 saturated heterocycles. The number of amides is 1. The van der Waals surface area contributed by atoms with E-state index >= 15 is 0 Å². The average Bonchev–Trinajstić information content (AvgIpc) is 2.76. The van der Waals surface area contributed by atoms with E-state index in [1.807, 2.05) is 23.4 Å². The lowest BCUT2D eigenvalue weighted by Crippen LogP contribution is -2.60. The first-order valence-electron chi connectivity index (χ1n) is 10.1. The molecule has 2 fully saturated rings. The summed E-state index contributed by atoms with van der Waals surface area (Å²) in [6, 6.07) is 5.38. The highest BCUT2D eigenvalue weighted by Crippen LogP contribution is 2.39. The van der Waals surface area contributed by atoms with Crippen LogP contribution in [-0.2, 0) is 6.42 Å². The highest BCUT2D eigenvalue weighted by molar-refractivity contribution is 5.92. The molecule has 0 aromatic carbocycles. The number of likely N-dealkylation sites (tertiary alicyclic amines) is 1. The van der Waals surface area contributed by atoms with Gasteiger partial charge in [0.1, 0.15) is 5.69 Å². The molecule has 0 bridgehead atoms. The van der Waals surface area contributed by atoms with Crippen molar-refractivity contribution in [2.75, 3.05) is 31.1 Å². The second-order valence-electron chi connectivity index (χ2n) is 7.88. The van der Waals surface area contributed by atoms with Crippen LogP contribution in [0, 0.1) is 5.41 Å². The maximum atomic E-state index is 12.9. The molecule has 2 aromatic heterocycles. The van der Waals surface area contributed by atoms with Crippen molar-refractivity contribution >= 4 is 11.9 Å². The van der Waals surface area contributed by atoms with Gasteiger partial charge in [0, 0.05) is 50.2 Å². The summed E-state index contributed by atoms with van der Waals surface area (Å²) in [5.74, 6) is 0.643. The third-order valence-electron chi connectivity index (χ3n) is 6.05. The largest absolute Gasteiger partial charge is 0.392 e. The smallest absolute Gasteiger partial charge is 0.272 e. The molecule has 2 aliphatic rings. The van der Waals surface area contributed by atoms with Crippen molar-refractivity contribution in [3.05, 3.63) is 48.0 Å². The van der Waals surface area contributed by atoms with Gasteiger partial charge in [-0.2, -0.15) is 0 Å². The Morgan fingerprint density at radius 1 is 1.21 bits per heavy atom. The first kappa shape index (κ1) is 18.8. The molecule has 2 aliphatic heterocycles. The van der Waals surface area contributed by atoms with Gasteiger partial charge in [0.15, 0.2) is 0 Å². The SMILES string of the molecule is CCc1cnc(N2CC[C@@H](O)[C@]3(CCCN(C(=O)c4ccccn4)C3)C2)nc1. The standard InChI is InChI=1S/C21H27N5O2/c1-2-16-12-23-20(24-13-16)26-11-7-18(27)21(15-26)8-5-10-25(14-21)19(28)17-6-3-4-9-22-17/h3-4,6,9,12-13,18,27H,2,5,7-8,10-11,14-15H2,1H3/t18-,21+/m1/s1. The monoisotopic (exact) mass is 381 g/mol. The van der Waals surface area contributed by atoms with Gasteiger partial charge in [-0.05, 0) is 43.4 Å². The Bertz CT molecular complexity index is 813. The van der Waals surface area contributed by atoms with Gasteiger partial charge < -0.3 is 14.9 Å². The molecule has 1 spiro atoms. The number of hydrogen-bond acceptors (Lipinski definition) is 6. The summed E-state index contributed by atoms with van der Waals surface area (Å²) >= 11 is 0. The lowest BCUT2D eigenvalue weighted by atomic mass is 9.71. The minimum Gasteiger partial charge on any atom is -0.392 e. The fraction of sp³-hybridized carbons (Fsp3) is 0.524. The van der Waals surface area contributed by atoms with Gasteiger partial charge in [0.05, 0.1) is 6.10 Å². The van der Waals surface area contributed by atoms with Gasteiger partial charge in [-0.25, -0.2) is 9.97 Å². The molecular formula is C21H27N5O2. The minimum absolute atomic E-state index is 0.0625. The van der Waals surface area contributed by atoms with E-state index in [0.29, 0.717) is 37.7 Å². The van der Waals surface area contributed by atoms with Crippen molar-refractivity contribution in [3.8, 4) is 0 Å². The van der Waals surface area contributed by atoms with Gasteiger partial charge in [-0.1, -0.05) is 13.0 Å². The Morgan fingerprint density at radius 3 is 2.75 bits per heavy atom. The molecule has 4 heterocycles. The van der Waals surface area contributed by atoms with E-state index in [9.17, 15) is 9.90 Å². The highest BCUT2D eigenvalue weighted by Gasteiger charge is 2.47. The van der Waals surface area contributed by atoms with Gasteiger partial charge in [-0.15, -0.1) is 0 Å². The van der Waals surface area contributed by atoms with E-state index in [1.165, 1.54) is 0 Å². The van der Waals surface area contributed by atoms with Crippen molar-refractivity contribution in [2.24, 2.45) is 5.41 Å². The first-order valence-corrected chi connectivity index (χ1v) is 10.1. The van der Waals surface area contributed by atoms with Crippen LogP contribution in [0.15, 0.2) is 36.8 Å². The number of carbonyl (C=O) groups excluding carboxylic acids is 1. The van der Waals surface area contributed by atoms with E-state index in [1.54, 1.807) is 18.3 Å². The zero-order valence-electron chi connectivity index (χ0n) is 16.3. The maximum absolute atomic E-state index is 12.9. The second-order valence-corrected chi connectivity index (χ2v) is 7.88. The summed E-state index contributed by atoms with van der Waals surface area (Å²) in [4.78, 5) is 30.1. The number of rotatable bonds is 3. The summed E-state index contributed by atoms with van der Waals surface area (Å²) in [7, 11) is 0. The fourth-order valence-corrected chi connectivity index (χ4v) is 4.40. The Kier molecular flexibility index (Phi) is 5.26. The van der Waals surface area contributed by atoms with E-state index in [-0.39, 0.29) is 11.3 Å². The Morgan fingerprint density at radius 2 is 2.04 bits per heavy atom. The summed E-state index contributed by atoms with van der Waals surface area (Å²) in [5.41, 5.74) is 1.22. The van der Waals surface area contributed by atoms with Crippen molar-refractivity contribution in [2.45, 2.75) is 38.7 Å². The van der Waals surface area contributed by atoms with Crippen LogP contribution in [0.3, 0.4) is 0 Å². The van der Waals surface area contributed by atoms with Crippen molar-refractivity contribution in [1.82, 2.24) is 19.9 Å². The fourth-order valence-electron chi connectivity index (χ4n) is 4.40. The second kappa shape index (κ2) is 7.83. The van der Waals surface area contributed by atoms with E-state index in [4.69, 9.17) is 0 Å². The van der Waals surface area contributed by atoms with Gasteiger partial charge in [0.25, 0.3) is 5.91 Å². The predicted octanol–water partition coefficient (Wildman–Crippen LogP) is 1.93. The summed E-state index contributed by atoms with van der Waals surface area (Å²) < 4.78 is 0. The Balaban J connectivity index is 1.53.